The Labute approximate surface area is 344 Å². The molecule has 0 aliphatic carbocycles. The number of benzene rings is 2. The van der Waals surface area contributed by atoms with Crippen molar-refractivity contribution in [1.29, 1.82) is 0 Å². The Kier molecular flexibility index (Phi) is 16.8. The third kappa shape index (κ3) is 9.76. The predicted octanol–water partition coefficient (Wildman–Crippen LogP) is 4.65. The number of ether oxygens (including phenoxy) is 6. The Morgan fingerprint density at radius 3 is 1.43 bits per heavy atom. The van der Waals surface area contributed by atoms with Gasteiger partial charge in [-0.05, 0) is 74.2 Å². The van der Waals surface area contributed by atoms with Crippen molar-refractivity contribution in [2.24, 2.45) is 0 Å². The molecule has 12 nitrogen and oxygen atoms in total. The fourth-order valence-corrected chi connectivity index (χ4v) is 6.96. The van der Waals surface area contributed by atoms with Crippen LogP contribution in [0.1, 0.15) is 22.3 Å². The maximum absolute atomic E-state index is 12.4. The first-order chi connectivity index (χ1) is 24.3. The first-order valence-electron chi connectivity index (χ1n) is 17.0. The fraction of sp³-hybridized carbons (Fsp3) is 0.400. The quantitative estimate of drug-likeness (QED) is 0.263. The minimum atomic E-state index is -0.116. The number of aromatic nitrogens is 2. The molecule has 292 valence electrons. The molecule has 4 aliphatic heterocycles. The zero-order valence-corrected chi connectivity index (χ0v) is 37.0. The summed E-state index contributed by atoms with van der Waals surface area (Å²) in [5.41, 5.74) is 7.04. The first kappa shape index (κ1) is 45.1. The van der Waals surface area contributed by atoms with Gasteiger partial charge in [-0.15, -0.1) is 0 Å². The van der Waals surface area contributed by atoms with E-state index in [2.05, 4.69) is 0 Å². The second-order valence-electron chi connectivity index (χ2n) is 12.9. The normalized spacial score (nSPS) is 17.7. The van der Waals surface area contributed by atoms with Gasteiger partial charge in [0.1, 0.15) is 36.9 Å². The zero-order chi connectivity index (χ0) is 34.8. The molecule has 0 bridgehead atoms. The molecule has 14 heteroatoms. The van der Waals surface area contributed by atoms with E-state index in [4.69, 9.17) is 28.4 Å². The van der Waals surface area contributed by atoms with Crippen molar-refractivity contribution < 1.29 is 80.8 Å². The fourth-order valence-electron chi connectivity index (χ4n) is 6.96. The molecular weight excluding hydrogens is 1040 g/mol. The molecule has 2 atom stereocenters. The van der Waals surface area contributed by atoms with Crippen LogP contribution in [0.2, 0.25) is 0 Å². The van der Waals surface area contributed by atoms with Crippen LogP contribution in [0.4, 0.5) is 0 Å². The molecule has 8 rings (SSSR count). The van der Waals surface area contributed by atoms with E-state index in [0.717, 1.165) is 46.5 Å². The van der Waals surface area contributed by atoms with Crippen LogP contribution in [0.5, 0.6) is 23.3 Å². The molecule has 2 N–H and O–H groups in total. The van der Waals surface area contributed by atoms with E-state index in [9.17, 15) is 19.8 Å². The molecule has 2 saturated heterocycles. The number of fused-ring (bicyclic) bond motifs is 6. The SMILES string of the molecule is Cc1c2n(c(OCC3COCCO3)cc1=O)CCc1cc(O)ccc1-2.Cc1c2n(c(OC[C@@H]3COCCO3)cc1=O)CCc1cc(O)ccc1-2.[CH3-].[CH3-].[W].[W]. The summed E-state index contributed by atoms with van der Waals surface area (Å²) in [5.74, 6) is 1.60. The van der Waals surface area contributed by atoms with Gasteiger partial charge in [0, 0.05) is 89.6 Å². The third-order valence-electron chi connectivity index (χ3n) is 9.53. The van der Waals surface area contributed by atoms with Gasteiger partial charge in [0.25, 0.3) is 0 Å². The molecule has 4 aromatic rings. The number of phenols is 2. The number of aryl methyl sites for hydroxylation is 2. The predicted molar refractivity (Wildman–Crippen MR) is 197 cm³/mol. The number of aromatic hydroxyl groups is 2. The number of rotatable bonds is 6. The minimum absolute atomic E-state index is 0. The Balaban J connectivity index is 0.000000270. The van der Waals surface area contributed by atoms with E-state index in [1.807, 2.05) is 35.1 Å². The average molecular weight is 1080 g/mol. The topological polar surface area (TPSA) is 140 Å². The summed E-state index contributed by atoms with van der Waals surface area (Å²) in [4.78, 5) is 24.9. The molecule has 54 heavy (non-hydrogen) atoms. The van der Waals surface area contributed by atoms with Gasteiger partial charge in [-0.2, -0.15) is 0 Å². The van der Waals surface area contributed by atoms with Crippen molar-refractivity contribution in [3.8, 4) is 45.8 Å². The number of phenolic OH excluding ortho intramolecular Hbond substituents is 2. The van der Waals surface area contributed by atoms with Gasteiger partial charge in [0.05, 0.1) is 51.0 Å². The molecular formula is C40H48N2O10W2-2. The molecule has 0 amide bonds. The largest absolute Gasteiger partial charge is 0.508 e. The van der Waals surface area contributed by atoms with Crippen LogP contribution in [0.25, 0.3) is 22.5 Å². The average Bonchev–Trinajstić information content (AvgIpc) is 3.13. The van der Waals surface area contributed by atoms with E-state index in [-0.39, 0.29) is 91.5 Å². The second-order valence-corrected chi connectivity index (χ2v) is 12.9. The maximum Gasteiger partial charge on any atom is 0.197 e. The van der Waals surface area contributed by atoms with Crippen LogP contribution in [0.15, 0.2) is 58.1 Å². The van der Waals surface area contributed by atoms with Crippen molar-refractivity contribution >= 4 is 0 Å². The first-order valence-corrected chi connectivity index (χ1v) is 17.0. The van der Waals surface area contributed by atoms with Crippen LogP contribution in [0.3, 0.4) is 0 Å². The monoisotopic (exact) mass is 1080 g/mol. The van der Waals surface area contributed by atoms with E-state index in [1.54, 1.807) is 36.4 Å². The van der Waals surface area contributed by atoms with Crippen molar-refractivity contribution in [2.75, 3.05) is 52.9 Å². The summed E-state index contributed by atoms with van der Waals surface area (Å²) >= 11 is 0. The number of nitrogens with zero attached hydrogens (tertiary/aromatic N) is 2. The van der Waals surface area contributed by atoms with Gasteiger partial charge in [-0.3, -0.25) is 9.59 Å². The van der Waals surface area contributed by atoms with Crippen molar-refractivity contribution in [3.63, 3.8) is 0 Å². The third-order valence-corrected chi connectivity index (χ3v) is 9.53. The number of hydrogen-bond acceptors (Lipinski definition) is 10. The molecule has 0 radical (unpaired) electrons. The molecule has 1 unspecified atom stereocenters. The van der Waals surface area contributed by atoms with E-state index in [0.29, 0.717) is 88.8 Å². The van der Waals surface area contributed by atoms with E-state index in [1.165, 1.54) is 0 Å². The molecule has 0 saturated carbocycles. The summed E-state index contributed by atoms with van der Waals surface area (Å²) in [7, 11) is 0. The van der Waals surface area contributed by atoms with Crippen molar-refractivity contribution in [2.45, 2.75) is 52.0 Å². The van der Waals surface area contributed by atoms with E-state index < -0.39 is 0 Å². The standard InChI is InChI=1S/2C19H21NO5.2CH3.2W/c2*1-12-17(22)9-18(25-11-15-10-23-6-7-24-15)20-5-4-13-8-14(21)2-3-16(13)19(12)20;;;;/h2*2-3,8-9,15,21H,4-7,10-11H2,1H3;2*1H3;;/q;;2*-1;;/t15-;;;;;/m0...../s1. The number of pyridine rings is 2. The summed E-state index contributed by atoms with van der Waals surface area (Å²) in [6.45, 7) is 9.13. The smallest absolute Gasteiger partial charge is 0.197 e. The van der Waals surface area contributed by atoms with Gasteiger partial charge >= 0.3 is 0 Å². The minimum Gasteiger partial charge on any atom is -0.508 e. The van der Waals surface area contributed by atoms with Crippen LogP contribution >= 0.6 is 0 Å². The van der Waals surface area contributed by atoms with Crippen molar-refractivity contribution in [1.82, 2.24) is 9.13 Å². The van der Waals surface area contributed by atoms with Crippen molar-refractivity contribution in [3.05, 3.63) is 106 Å². The van der Waals surface area contributed by atoms with E-state index >= 15 is 0 Å². The Morgan fingerprint density at radius 1 is 0.648 bits per heavy atom. The summed E-state index contributed by atoms with van der Waals surface area (Å²) in [6.07, 6.45) is 1.32. The number of hydrogen-bond donors (Lipinski definition) is 2. The summed E-state index contributed by atoms with van der Waals surface area (Å²) in [5, 5.41) is 19.4. The maximum atomic E-state index is 12.4. The molecule has 2 aromatic carbocycles. The second kappa shape index (κ2) is 20.1. The summed E-state index contributed by atoms with van der Waals surface area (Å²) in [6, 6.07) is 13.7. The van der Waals surface area contributed by atoms with Gasteiger partial charge in [0.2, 0.25) is 0 Å². The molecule has 2 aromatic heterocycles. The van der Waals surface area contributed by atoms with Gasteiger partial charge in [-0.1, -0.05) is 0 Å². The van der Waals surface area contributed by atoms with Gasteiger partial charge in [-0.25, -0.2) is 0 Å². The van der Waals surface area contributed by atoms with Crippen LogP contribution < -0.4 is 20.3 Å². The van der Waals surface area contributed by atoms with Gasteiger partial charge in [0.15, 0.2) is 22.6 Å². The Hall–Kier alpha value is -3.24. The molecule has 4 aliphatic rings. The summed E-state index contributed by atoms with van der Waals surface area (Å²) < 4.78 is 37.9. The van der Waals surface area contributed by atoms with Crippen LogP contribution in [0, 0.1) is 28.7 Å². The van der Waals surface area contributed by atoms with Crippen LogP contribution in [-0.2, 0) is 87.0 Å². The van der Waals surface area contributed by atoms with Crippen LogP contribution in [-0.4, -0.2) is 84.4 Å². The van der Waals surface area contributed by atoms with Gasteiger partial charge < -0.3 is 62.6 Å². The Morgan fingerprint density at radius 2 is 1.06 bits per heavy atom. The zero-order valence-electron chi connectivity index (χ0n) is 31.1. The Bertz CT molecular complexity index is 1860. The molecule has 0 spiro atoms. The molecule has 2 fully saturated rings. The molecule has 6 heterocycles.